The second-order valence-corrected chi connectivity index (χ2v) is 5.44. The van der Waals surface area contributed by atoms with Gasteiger partial charge in [-0.2, -0.15) is 0 Å². The van der Waals surface area contributed by atoms with Crippen molar-refractivity contribution in [3.05, 3.63) is 42.2 Å². The van der Waals surface area contributed by atoms with E-state index in [4.69, 9.17) is 0 Å². The summed E-state index contributed by atoms with van der Waals surface area (Å²) in [4.78, 5) is 11.1. The van der Waals surface area contributed by atoms with Crippen LogP contribution in [0.4, 0.5) is 17.3 Å². The van der Waals surface area contributed by atoms with Crippen LogP contribution in [0.2, 0.25) is 0 Å². The van der Waals surface area contributed by atoms with Crippen LogP contribution >= 0.6 is 0 Å². The zero-order valence-corrected chi connectivity index (χ0v) is 13.3. The van der Waals surface area contributed by atoms with Gasteiger partial charge < -0.3 is 10.2 Å². The quantitative estimate of drug-likeness (QED) is 0.863. The number of aromatic nitrogens is 2. The molecule has 0 aliphatic carbocycles. The fourth-order valence-corrected chi connectivity index (χ4v) is 2.34. The Balaban J connectivity index is 2.43. The minimum absolute atomic E-state index is 0.353. The van der Waals surface area contributed by atoms with Crippen LogP contribution in [0.15, 0.2) is 36.7 Å². The van der Waals surface area contributed by atoms with E-state index in [1.165, 1.54) is 0 Å². The first-order valence-corrected chi connectivity index (χ1v) is 7.52. The maximum Gasteiger partial charge on any atom is 0.141 e. The Morgan fingerprint density at radius 1 is 1.14 bits per heavy atom. The standard InChI is InChI=1S/C17H24N4/c1-5-11-18-16-15(13(2)3)17(20-12-19-16)21(4)14-9-7-6-8-10-14/h6-10,12-13H,5,11H2,1-4H3,(H,18,19,20). The average Bonchev–Trinajstić information content (AvgIpc) is 2.52. The van der Waals surface area contributed by atoms with Gasteiger partial charge in [0.15, 0.2) is 0 Å². The smallest absolute Gasteiger partial charge is 0.141 e. The van der Waals surface area contributed by atoms with E-state index in [0.717, 1.165) is 35.9 Å². The lowest BCUT2D eigenvalue weighted by atomic mass is 10.0. The van der Waals surface area contributed by atoms with Crippen molar-refractivity contribution < 1.29 is 0 Å². The number of nitrogens with one attached hydrogen (secondary N) is 1. The molecule has 4 heteroatoms. The number of hydrogen-bond acceptors (Lipinski definition) is 4. The van der Waals surface area contributed by atoms with Crippen molar-refractivity contribution in [1.82, 2.24) is 9.97 Å². The van der Waals surface area contributed by atoms with Crippen molar-refractivity contribution in [2.45, 2.75) is 33.1 Å². The van der Waals surface area contributed by atoms with E-state index in [2.05, 4.69) is 53.1 Å². The molecule has 1 aromatic heterocycles. The highest BCUT2D eigenvalue weighted by atomic mass is 15.2. The number of rotatable bonds is 6. The van der Waals surface area contributed by atoms with Crippen LogP contribution in [0.1, 0.15) is 38.7 Å². The summed E-state index contributed by atoms with van der Waals surface area (Å²) >= 11 is 0. The van der Waals surface area contributed by atoms with E-state index in [1.807, 2.05) is 25.2 Å². The minimum atomic E-state index is 0.353. The third kappa shape index (κ3) is 3.51. The number of benzene rings is 1. The maximum absolute atomic E-state index is 4.52. The number of hydrogen-bond donors (Lipinski definition) is 1. The number of nitrogens with zero attached hydrogens (tertiary/aromatic N) is 3. The molecule has 0 unspecified atom stereocenters. The van der Waals surface area contributed by atoms with Gasteiger partial charge in [0.25, 0.3) is 0 Å². The number of anilines is 3. The Hall–Kier alpha value is -2.10. The van der Waals surface area contributed by atoms with Gasteiger partial charge in [-0.15, -0.1) is 0 Å². The Bertz CT molecular complexity index is 566. The summed E-state index contributed by atoms with van der Waals surface area (Å²) < 4.78 is 0. The van der Waals surface area contributed by atoms with Crippen molar-refractivity contribution in [2.24, 2.45) is 0 Å². The molecule has 0 fully saturated rings. The lowest BCUT2D eigenvalue weighted by molar-refractivity contribution is 0.834. The van der Waals surface area contributed by atoms with Gasteiger partial charge in [-0.05, 0) is 24.5 Å². The van der Waals surface area contributed by atoms with Crippen molar-refractivity contribution in [3.8, 4) is 0 Å². The fourth-order valence-electron chi connectivity index (χ4n) is 2.34. The SMILES string of the molecule is CCCNc1ncnc(N(C)c2ccccc2)c1C(C)C. The van der Waals surface area contributed by atoms with Crippen molar-refractivity contribution in [3.63, 3.8) is 0 Å². The monoisotopic (exact) mass is 284 g/mol. The molecule has 0 atom stereocenters. The Kier molecular flexibility index (Phi) is 5.14. The van der Waals surface area contributed by atoms with E-state index < -0.39 is 0 Å². The highest BCUT2D eigenvalue weighted by Gasteiger charge is 2.18. The molecule has 0 amide bonds. The first kappa shape index (κ1) is 15.3. The Morgan fingerprint density at radius 2 is 1.86 bits per heavy atom. The predicted octanol–water partition coefficient (Wildman–Crippen LogP) is 4.19. The first-order valence-electron chi connectivity index (χ1n) is 7.52. The molecule has 0 radical (unpaired) electrons. The van der Waals surface area contributed by atoms with Crippen LogP contribution in [-0.2, 0) is 0 Å². The van der Waals surface area contributed by atoms with E-state index in [-0.39, 0.29) is 0 Å². The van der Waals surface area contributed by atoms with Crippen LogP contribution in [0.5, 0.6) is 0 Å². The van der Waals surface area contributed by atoms with Crippen molar-refractivity contribution >= 4 is 17.3 Å². The number of para-hydroxylation sites is 1. The van der Waals surface area contributed by atoms with Gasteiger partial charge in [0, 0.05) is 24.8 Å². The molecule has 1 aromatic carbocycles. The molecule has 2 aromatic rings. The van der Waals surface area contributed by atoms with Gasteiger partial charge >= 0.3 is 0 Å². The molecule has 112 valence electrons. The molecule has 1 N–H and O–H groups in total. The van der Waals surface area contributed by atoms with E-state index >= 15 is 0 Å². The van der Waals surface area contributed by atoms with E-state index in [9.17, 15) is 0 Å². The lowest BCUT2D eigenvalue weighted by Gasteiger charge is -2.24. The van der Waals surface area contributed by atoms with Crippen LogP contribution in [0.25, 0.3) is 0 Å². The Labute approximate surface area is 127 Å². The summed E-state index contributed by atoms with van der Waals surface area (Å²) in [6, 6.07) is 10.3. The molecule has 0 spiro atoms. The second-order valence-electron chi connectivity index (χ2n) is 5.44. The third-order valence-corrected chi connectivity index (χ3v) is 3.44. The van der Waals surface area contributed by atoms with Gasteiger partial charge in [0.1, 0.15) is 18.0 Å². The second kappa shape index (κ2) is 7.07. The van der Waals surface area contributed by atoms with Crippen LogP contribution < -0.4 is 10.2 Å². The molecular formula is C17H24N4. The Morgan fingerprint density at radius 3 is 2.48 bits per heavy atom. The summed E-state index contributed by atoms with van der Waals surface area (Å²) in [5, 5.41) is 3.41. The lowest BCUT2D eigenvalue weighted by Crippen LogP contribution is -2.17. The highest BCUT2D eigenvalue weighted by molar-refractivity contribution is 5.67. The zero-order valence-electron chi connectivity index (χ0n) is 13.3. The first-order chi connectivity index (χ1) is 10.1. The van der Waals surface area contributed by atoms with E-state index in [0.29, 0.717) is 5.92 Å². The normalized spacial score (nSPS) is 10.7. The molecule has 4 nitrogen and oxygen atoms in total. The molecule has 0 saturated heterocycles. The summed E-state index contributed by atoms with van der Waals surface area (Å²) in [5.41, 5.74) is 2.29. The summed E-state index contributed by atoms with van der Waals surface area (Å²) in [7, 11) is 2.05. The molecule has 2 rings (SSSR count). The fraction of sp³-hybridized carbons (Fsp3) is 0.412. The van der Waals surface area contributed by atoms with Gasteiger partial charge in [-0.3, -0.25) is 0 Å². The van der Waals surface area contributed by atoms with Crippen LogP contribution in [-0.4, -0.2) is 23.6 Å². The van der Waals surface area contributed by atoms with Gasteiger partial charge in [0.05, 0.1) is 0 Å². The summed E-state index contributed by atoms with van der Waals surface area (Å²) in [6.45, 7) is 7.43. The average molecular weight is 284 g/mol. The van der Waals surface area contributed by atoms with Crippen molar-refractivity contribution in [1.29, 1.82) is 0 Å². The zero-order chi connectivity index (χ0) is 15.2. The summed E-state index contributed by atoms with van der Waals surface area (Å²) in [6.07, 6.45) is 2.71. The molecule has 0 aliphatic heterocycles. The third-order valence-electron chi connectivity index (χ3n) is 3.44. The molecule has 21 heavy (non-hydrogen) atoms. The van der Waals surface area contributed by atoms with Gasteiger partial charge in [-0.1, -0.05) is 39.0 Å². The van der Waals surface area contributed by atoms with E-state index in [1.54, 1.807) is 6.33 Å². The minimum Gasteiger partial charge on any atom is -0.370 e. The predicted molar refractivity (Wildman–Crippen MR) is 89.4 cm³/mol. The van der Waals surface area contributed by atoms with Gasteiger partial charge in [0.2, 0.25) is 0 Å². The van der Waals surface area contributed by atoms with Crippen LogP contribution in [0, 0.1) is 0 Å². The molecular weight excluding hydrogens is 260 g/mol. The molecule has 1 heterocycles. The molecule has 0 aliphatic rings. The largest absolute Gasteiger partial charge is 0.370 e. The molecule has 0 saturated carbocycles. The van der Waals surface area contributed by atoms with Crippen molar-refractivity contribution in [2.75, 3.05) is 23.8 Å². The molecule has 0 bridgehead atoms. The van der Waals surface area contributed by atoms with Crippen LogP contribution in [0.3, 0.4) is 0 Å². The van der Waals surface area contributed by atoms with Gasteiger partial charge in [-0.25, -0.2) is 9.97 Å². The maximum atomic E-state index is 4.52. The topological polar surface area (TPSA) is 41.1 Å². The highest BCUT2D eigenvalue weighted by Crippen LogP contribution is 2.33. The summed E-state index contributed by atoms with van der Waals surface area (Å²) in [5.74, 6) is 2.26.